The molecule has 1 saturated heterocycles. The van der Waals surface area contributed by atoms with Crippen LogP contribution in [-0.2, 0) is 0 Å². The van der Waals surface area contributed by atoms with Gasteiger partial charge in [-0.25, -0.2) is 9.97 Å². The van der Waals surface area contributed by atoms with Gasteiger partial charge in [-0.3, -0.25) is 4.79 Å². The summed E-state index contributed by atoms with van der Waals surface area (Å²) in [5.74, 6) is 2.47. The number of nitrogens with one attached hydrogen (secondary N) is 1. The summed E-state index contributed by atoms with van der Waals surface area (Å²) in [5.41, 5.74) is 2.59. The van der Waals surface area contributed by atoms with E-state index in [-0.39, 0.29) is 5.78 Å². The second-order valence-corrected chi connectivity index (χ2v) is 6.75. The molecule has 27 heavy (non-hydrogen) atoms. The summed E-state index contributed by atoms with van der Waals surface area (Å²) in [5, 5.41) is 3.35. The van der Waals surface area contributed by atoms with Crippen LogP contribution in [0, 0.1) is 0 Å². The molecule has 1 aliphatic rings. The molecule has 1 fully saturated rings. The Balaban J connectivity index is 1.68. The average Bonchev–Trinajstić information content (AvgIpc) is 3.24. The fraction of sp³-hybridized carbons (Fsp3) is 0.227. The number of nitrogens with zero attached hydrogens (tertiary/aromatic N) is 3. The van der Waals surface area contributed by atoms with Crippen molar-refractivity contribution in [3.63, 3.8) is 0 Å². The van der Waals surface area contributed by atoms with E-state index in [2.05, 4.69) is 10.2 Å². The molecule has 4 rings (SSSR count). The van der Waals surface area contributed by atoms with E-state index in [0.29, 0.717) is 11.4 Å². The fourth-order valence-corrected chi connectivity index (χ4v) is 3.26. The van der Waals surface area contributed by atoms with E-state index in [1.54, 1.807) is 6.92 Å². The lowest BCUT2D eigenvalue weighted by Crippen LogP contribution is -2.19. The summed E-state index contributed by atoms with van der Waals surface area (Å²) < 4.78 is 0. The lowest BCUT2D eigenvalue weighted by atomic mass is 10.1. The van der Waals surface area contributed by atoms with Gasteiger partial charge < -0.3 is 10.2 Å². The maximum atomic E-state index is 11.5. The van der Waals surface area contributed by atoms with Gasteiger partial charge in [-0.2, -0.15) is 0 Å². The van der Waals surface area contributed by atoms with E-state index in [0.717, 1.165) is 36.0 Å². The summed E-state index contributed by atoms with van der Waals surface area (Å²) in [7, 11) is 0. The van der Waals surface area contributed by atoms with Gasteiger partial charge >= 0.3 is 0 Å². The molecule has 0 amide bonds. The SMILES string of the molecule is CC(=O)c1ccc(Nc2cc(N3CCCC3)nc(-c3ccccc3)n2)cc1. The number of anilines is 3. The molecule has 5 nitrogen and oxygen atoms in total. The monoisotopic (exact) mass is 358 g/mol. The molecule has 2 aromatic carbocycles. The molecule has 0 unspecified atom stereocenters. The molecule has 0 bridgehead atoms. The highest BCUT2D eigenvalue weighted by molar-refractivity contribution is 5.94. The second-order valence-electron chi connectivity index (χ2n) is 6.75. The van der Waals surface area contributed by atoms with Crippen molar-refractivity contribution in [3.8, 4) is 11.4 Å². The van der Waals surface area contributed by atoms with Crippen molar-refractivity contribution in [2.24, 2.45) is 0 Å². The molecule has 1 aromatic heterocycles. The topological polar surface area (TPSA) is 58.1 Å². The zero-order chi connectivity index (χ0) is 18.6. The van der Waals surface area contributed by atoms with E-state index < -0.39 is 0 Å². The van der Waals surface area contributed by atoms with Gasteiger partial charge in [0.15, 0.2) is 11.6 Å². The van der Waals surface area contributed by atoms with Gasteiger partial charge in [0.1, 0.15) is 11.6 Å². The highest BCUT2D eigenvalue weighted by Crippen LogP contribution is 2.26. The van der Waals surface area contributed by atoms with Crippen molar-refractivity contribution in [3.05, 3.63) is 66.2 Å². The largest absolute Gasteiger partial charge is 0.356 e. The normalized spacial score (nSPS) is 13.6. The standard InChI is InChI=1S/C22H22N4O/c1-16(27)17-9-11-19(12-10-17)23-20-15-21(26-13-5-6-14-26)25-22(24-20)18-7-3-2-4-8-18/h2-4,7-12,15H,5-6,13-14H2,1H3,(H,23,24,25). The van der Waals surface area contributed by atoms with Gasteiger partial charge in [0, 0.05) is 36.0 Å². The zero-order valence-corrected chi connectivity index (χ0v) is 15.4. The summed E-state index contributed by atoms with van der Waals surface area (Å²) in [6.07, 6.45) is 2.39. The number of Topliss-reactive ketones (excluding diaryl/α,β-unsaturated/α-hetero) is 1. The minimum atomic E-state index is 0.0614. The van der Waals surface area contributed by atoms with Crippen LogP contribution in [0.25, 0.3) is 11.4 Å². The van der Waals surface area contributed by atoms with Crippen LogP contribution < -0.4 is 10.2 Å². The number of carbonyl (C=O) groups is 1. The number of ketones is 1. The molecule has 0 spiro atoms. The van der Waals surface area contributed by atoms with Crippen molar-refractivity contribution in [1.82, 2.24) is 9.97 Å². The Morgan fingerprint density at radius 1 is 0.963 bits per heavy atom. The maximum Gasteiger partial charge on any atom is 0.163 e. The fourth-order valence-electron chi connectivity index (χ4n) is 3.26. The van der Waals surface area contributed by atoms with Crippen LogP contribution in [0.1, 0.15) is 30.1 Å². The Morgan fingerprint density at radius 3 is 2.33 bits per heavy atom. The third-order valence-corrected chi connectivity index (χ3v) is 4.74. The van der Waals surface area contributed by atoms with Gasteiger partial charge in [-0.1, -0.05) is 30.3 Å². The minimum Gasteiger partial charge on any atom is -0.356 e. The third-order valence-electron chi connectivity index (χ3n) is 4.74. The molecule has 0 aliphatic carbocycles. The molecular weight excluding hydrogens is 336 g/mol. The predicted octanol–water partition coefficient (Wildman–Crippen LogP) is 4.69. The lowest BCUT2D eigenvalue weighted by Gasteiger charge is -2.18. The number of rotatable bonds is 5. The van der Waals surface area contributed by atoms with Crippen LogP contribution in [0.4, 0.5) is 17.3 Å². The van der Waals surface area contributed by atoms with E-state index in [9.17, 15) is 4.79 Å². The molecule has 1 aliphatic heterocycles. The molecule has 1 N–H and O–H groups in total. The first kappa shape index (κ1) is 17.2. The van der Waals surface area contributed by atoms with Crippen LogP contribution in [0.3, 0.4) is 0 Å². The Bertz CT molecular complexity index is 932. The molecule has 3 aromatic rings. The molecular formula is C22H22N4O. The van der Waals surface area contributed by atoms with Crippen LogP contribution in [0.15, 0.2) is 60.7 Å². The number of aromatic nitrogens is 2. The van der Waals surface area contributed by atoms with Gasteiger partial charge in [0.05, 0.1) is 0 Å². The van der Waals surface area contributed by atoms with Crippen LogP contribution in [0.2, 0.25) is 0 Å². The molecule has 136 valence electrons. The van der Waals surface area contributed by atoms with E-state index in [4.69, 9.17) is 9.97 Å². The Morgan fingerprint density at radius 2 is 1.67 bits per heavy atom. The summed E-state index contributed by atoms with van der Waals surface area (Å²) in [4.78, 5) is 23.3. The van der Waals surface area contributed by atoms with Crippen LogP contribution in [-0.4, -0.2) is 28.8 Å². The van der Waals surface area contributed by atoms with E-state index in [1.807, 2.05) is 60.7 Å². The van der Waals surface area contributed by atoms with Gasteiger partial charge in [0.25, 0.3) is 0 Å². The minimum absolute atomic E-state index is 0.0614. The predicted molar refractivity (Wildman–Crippen MR) is 109 cm³/mol. The second kappa shape index (κ2) is 7.58. The van der Waals surface area contributed by atoms with Crippen molar-refractivity contribution in [2.45, 2.75) is 19.8 Å². The summed E-state index contributed by atoms with van der Waals surface area (Å²) in [6, 6.07) is 19.5. The quantitative estimate of drug-likeness (QED) is 0.671. The summed E-state index contributed by atoms with van der Waals surface area (Å²) in [6.45, 7) is 3.62. The Hall–Kier alpha value is -3.21. The average molecular weight is 358 g/mol. The van der Waals surface area contributed by atoms with Gasteiger partial charge in [-0.05, 0) is 44.0 Å². The van der Waals surface area contributed by atoms with E-state index in [1.165, 1.54) is 12.8 Å². The highest BCUT2D eigenvalue weighted by atomic mass is 16.1. The zero-order valence-electron chi connectivity index (χ0n) is 15.4. The van der Waals surface area contributed by atoms with Crippen LogP contribution in [0.5, 0.6) is 0 Å². The first-order chi connectivity index (χ1) is 13.2. The smallest absolute Gasteiger partial charge is 0.163 e. The van der Waals surface area contributed by atoms with Gasteiger partial charge in [0.2, 0.25) is 0 Å². The first-order valence-corrected chi connectivity index (χ1v) is 9.26. The third kappa shape index (κ3) is 3.97. The van der Waals surface area contributed by atoms with Crippen molar-refractivity contribution in [1.29, 1.82) is 0 Å². The van der Waals surface area contributed by atoms with Crippen molar-refractivity contribution < 1.29 is 4.79 Å². The van der Waals surface area contributed by atoms with Crippen LogP contribution >= 0.6 is 0 Å². The molecule has 0 radical (unpaired) electrons. The molecule has 0 saturated carbocycles. The molecule has 5 heteroatoms. The molecule has 2 heterocycles. The first-order valence-electron chi connectivity index (χ1n) is 9.26. The van der Waals surface area contributed by atoms with Crippen molar-refractivity contribution >= 4 is 23.1 Å². The van der Waals surface area contributed by atoms with E-state index >= 15 is 0 Å². The molecule has 0 atom stereocenters. The number of carbonyl (C=O) groups excluding carboxylic acids is 1. The Labute approximate surface area is 159 Å². The Kier molecular flexibility index (Phi) is 4.83. The number of hydrogen-bond acceptors (Lipinski definition) is 5. The lowest BCUT2D eigenvalue weighted by molar-refractivity contribution is 0.101. The maximum absolute atomic E-state index is 11.5. The highest BCUT2D eigenvalue weighted by Gasteiger charge is 2.16. The summed E-state index contributed by atoms with van der Waals surface area (Å²) >= 11 is 0. The van der Waals surface area contributed by atoms with Crippen molar-refractivity contribution in [2.75, 3.05) is 23.3 Å². The number of benzene rings is 2. The van der Waals surface area contributed by atoms with Gasteiger partial charge in [-0.15, -0.1) is 0 Å². The number of hydrogen-bond donors (Lipinski definition) is 1.